The molecule has 56 heavy (non-hydrogen) atoms. The first-order valence-electron chi connectivity index (χ1n) is 18.8. The van der Waals surface area contributed by atoms with E-state index in [9.17, 15) is 0 Å². The van der Waals surface area contributed by atoms with E-state index in [0.29, 0.717) is 5.84 Å². The molecule has 0 unspecified atom stereocenters. The smallest absolute Gasteiger partial charge is 0.159 e. The first-order valence-corrected chi connectivity index (χ1v) is 19.7. The number of fused-ring (bicyclic) bond motifs is 6. The van der Waals surface area contributed by atoms with Gasteiger partial charge in [0, 0.05) is 42.1 Å². The number of benzene rings is 8. The van der Waals surface area contributed by atoms with Crippen LogP contribution < -0.4 is 5.32 Å². The first-order chi connectivity index (χ1) is 27.7. The topological polar surface area (TPSA) is 49.9 Å². The SMILES string of the molecule is c1ccc(C2=NC(c3cccc(-c4cccc5oc6ccc(-c7cccc8c7sc7ccc(-c9ccccc9)cc78)cc6c45)c3)=N[C@H](c3ccccc3)N2)cc1. The minimum atomic E-state index is -0.265. The van der Waals surface area contributed by atoms with Gasteiger partial charge in [0.05, 0.1) is 0 Å². The zero-order valence-electron chi connectivity index (χ0n) is 30.2. The second-order valence-electron chi connectivity index (χ2n) is 14.2. The lowest BCUT2D eigenvalue weighted by molar-refractivity contribution is 0.669. The molecule has 1 aliphatic rings. The van der Waals surface area contributed by atoms with Gasteiger partial charge in [0.1, 0.15) is 23.2 Å². The van der Waals surface area contributed by atoms with Crippen LogP contribution in [0.4, 0.5) is 0 Å². The maximum Gasteiger partial charge on any atom is 0.159 e. The molecule has 11 rings (SSSR count). The third-order valence-corrected chi connectivity index (χ3v) is 12.0. The summed E-state index contributed by atoms with van der Waals surface area (Å²) >= 11 is 1.86. The number of hydrogen-bond acceptors (Lipinski definition) is 5. The Hall–Kier alpha value is -7.08. The Morgan fingerprint density at radius 3 is 1.96 bits per heavy atom. The Bertz CT molecular complexity index is 3160. The number of hydrogen-bond donors (Lipinski definition) is 1. The second-order valence-corrected chi connectivity index (χ2v) is 15.2. The van der Waals surface area contributed by atoms with E-state index in [4.69, 9.17) is 14.4 Å². The van der Waals surface area contributed by atoms with Crippen molar-refractivity contribution in [1.82, 2.24) is 5.32 Å². The summed E-state index contributed by atoms with van der Waals surface area (Å²) in [6.45, 7) is 0. The second kappa shape index (κ2) is 13.3. The molecule has 4 nitrogen and oxygen atoms in total. The van der Waals surface area contributed by atoms with E-state index in [0.717, 1.165) is 55.6 Å². The molecule has 0 spiro atoms. The minimum absolute atomic E-state index is 0.265. The quantitative estimate of drug-likeness (QED) is 0.185. The number of aliphatic imine (C=N–C) groups is 2. The predicted octanol–water partition coefficient (Wildman–Crippen LogP) is 13.5. The average Bonchev–Trinajstić information content (AvgIpc) is 3.85. The summed E-state index contributed by atoms with van der Waals surface area (Å²) in [4.78, 5) is 10.2. The monoisotopic (exact) mass is 735 g/mol. The van der Waals surface area contributed by atoms with Gasteiger partial charge in [0.15, 0.2) is 5.84 Å². The van der Waals surface area contributed by atoms with Crippen LogP contribution in [0.2, 0.25) is 0 Å². The molecule has 0 amide bonds. The van der Waals surface area contributed by atoms with Gasteiger partial charge in [0.25, 0.3) is 0 Å². The van der Waals surface area contributed by atoms with E-state index >= 15 is 0 Å². The van der Waals surface area contributed by atoms with Crippen LogP contribution in [-0.4, -0.2) is 11.7 Å². The van der Waals surface area contributed by atoms with E-state index in [1.807, 2.05) is 47.7 Å². The highest BCUT2D eigenvalue weighted by Crippen LogP contribution is 2.44. The standard InChI is InChI=1S/C51H33N3OS/c1-4-13-32(14-5-1)35-26-28-46-42(30-35)41-23-11-22-40(48(41)56-46)37-25-27-44-43(31-37)47-39(21-12-24-45(47)55-44)36-19-10-20-38(29-36)51-53-49(33-15-6-2-7-16-33)52-50(54-51)34-17-8-3-9-18-34/h1-31,49H,(H,52,53,54)/t49-/m1/s1. The molecule has 8 aromatic carbocycles. The lowest BCUT2D eigenvalue weighted by Gasteiger charge is -2.23. The first kappa shape index (κ1) is 32.4. The molecule has 0 aliphatic carbocycles. The molecule has 1 aliphatic heterocycles. The molecule has 1 N–H and O–H groups in total. The Labute approximate surface area is 327 Å². The Morgan fingerprint density at radius 1 is 0.464 bits per heavy atom. The van der Waals surface area contributed by atoms with Gasteiger partial charge in [-0.2, -0.15) is 0 Å². The van der Waals surface area contributed by atoms with E-state index in [-0.39, 0.29) is 6.17 Å². The summed E-state index contributed by atoms with van der Waals surface area (Å²) in [5, 5.41) is 8.33. The van der Waals surface area contributed by atoms with Crippen LogP contribution in [0.3, 0.4) is 0 Å². The van der Waals surface area contributed by atoms with E-state index in [2.05, 4.69) is 157 Å². The van der Waals surface area contributed by atoms with Crippen LogP contribution in [0.25, 0.3) is 75.5 Å². The van der Waals surface area contributed by atoms with Gasteiger partial charge in [-0.25, -0.2) is 9.98 Å². The maximum atomic E-state index is 6.52. The molecule has 0 bridgehead atoms. The highest BCUT2D eigenvalue weighted by atomic mass is 32.1. The van der Waals surface area contributed by atoms with Gasteiger partial charge in [-0.15, -0.1) is 11.3 Å². The Kier molecular flexibility index (Phi) is 7.71. The van der Waals surface area contributed by atoms with Gasteiger partial charge in [-0.3, -0.25) is 0 Å². The van der Waals surface area contributed by atoms with Crippen LogP contribution in [0.15, 0.2) is 202 Å². The van der Waals surface area contributed by atoms with Crippen LogP contribution in [0.5, 0.6) is 0 Å². The van der Waals surface area contributed by atoms with Gasteiger partial charge < -0.3 is 9.73 Å². The molecule has 5 heteroatoms. The lowest BCUT2D eigenvalue weighted by atomic mass is 9.95. The van der Waals surface area contributed by atoms with Crippen molar-refractivity contribution in [2.75, 3.05) is 0 Å². The van der Waals surface area contributed by atoms with E-state index < -0.39 is 0 Å². The van der Waals surface area contributed by atoms with Crippen LogP contribution in [0, 0.1) is 0 Å². The largest absolute Gasteiger partial charge is 0.456 e. The molecule has 2 aromatic heterocycles. The van der Waals surface area contributed by atoms with Crippen LogP contribution in [0.1, 0.15) is 22.9 Å². The summed E-state index contributed by atoms with van der Waals surface area (Å²) in [5.41, 5.74) is 11.8. The molecule has 1 atom stereocenters. The number of amidine groups is 2. The summed E-state index contributed by atoms with van der Waals surface area (Å²) < 4.78 is 9.10. The van der Waals surface area contributed by atoms with Crippen molar-refractivity contribution in [3.05, 3.63) is 205 Å². The van der Waals surface area contributed by atoms with Crippen molar-refractivity contribution in [3.63, 3.8) is 0 Å². The van der Waals surface area contributed by atoms with Crippen molar-refractivity contribution in [2.24, 2.45) is 9.98 Å². The summed E-state index contributed by atoms with van der Waals surface area (Å²) in [6, 6.07) is 66.3. The Morgan fingerprint density at radius 2 is 1.12 bits per heavy atom. The van der Waals surface area contributed by atoms with Crippen molar-refractivity contribution in [3.8, 4) is 33.4 Å². The fraction of sp³-hybridized carbons (Fsp3) is 0.0196. The lowest BCUT2D eigenvalue weighted by Crippen LogP contribution is -2.33. The molecule has 0 radical (unpaired) electrons. The molecule has 0 fully saturated rings. The zero-order valence-corrected chi connectivity index (χ0v) is 31.0. The van der Waals surface area contributed by atoms with Crippen molar-refractivity contribution in [1.29, 1.82) is 0 Å². The number of nitrogens with zero attached hydrogens (tertiary/aromatic N) is 2. The Balaban J connectivity index is 1.02. The third-order valence-electron chi connectivity index (χ3n) is 10.7. The fourth-order valence-electron chi connectivity index (χ4n) is 8.02. The summed E-state index contributed by atoms with van der Waals surface area (Å²) in [5.74, 6) is 1.49. The molecule has 264 valence electrons. The molecular weight excluding hydrogens is 703 g/mol. The predicted molar refractivity (Wildman–Crippen MR) is 235 cm³/mol. The van der Waals surface area contributed by atoms with Crippen molar-refractivity contribution >= 4 is 65.1 Å². The van der Waals surface area contributed by atoms with Gasteiger partial charge in [-0.05, 0) is 75.3 Å². The van der Waals surface area contributed by atoms with E-state index in [1.54, 1.807) is 0 Å². The highest BCUT2D eigenvalue weighted by molar-refractivity contribution is 7.26. The van der Waals surface area contributed by atoms with Crippen molar-refractivity contribution in [2.45, 2.75) is 6.17 Å². The molecule has 0 saturated carbocycles. The van der Waals surface area contributed by atoms with Gasteiger partial charge in [0.2, 0.25) is 0 Å². The van der Waals surface area contributed by atoms with E-state index in [1.165, 1.54) is 42.4 Å². The van der Waals surface area contributed by atoms with Gasteiger partial charge in [-0.1, -0.05) is 152 Å². The maximum absolute atomic E-state index is 6.52. The minimum Gasteiger partial charge on any atom is -0.456 e. The molecule has 3 heterocycles. The normalized spacial score (nSPS) is 14.2. The summed E-state index contributed by atoms with van der Waals surface area (Å²) in [6.07, 6.45) is -0.265. The fourth-order valence-corrected chi connectivity index (χ4v) is 9.24. The summed E-state index contributed by atoms with van der Waals surface area (Å²) in [7, 11) is 0. The number of furan rings is 1. The van der Waals surface area contributed by atoms with Crippen molar-refractivity contribution < 1.29 is 4.42 Å². The molecule has 0 saturated heterocycles. The number of nitrogens with one attached hydrogen (secondary N) is 1. The van der Waals surface area contributed by atoms with Crippen LogP contribution in [-0.2, 0) is 0 Å². The van der Waals surface area contributed by atoms with Gasteiger partial charge >= 0.3 is 0 Å². The average molecular weight is 736 g/mol. The molecular formula is C51H33N3OS. The molecule has 10 aromatic rings. The third kappa shape index (κ3) is 5.60. The van der Waals surface area contributed by atoms with Crippen LogP contribution >= 0.6 is 11.3 Å². The zero-order chi connectivity index (χ0) is 37.0. The number of thiophene rings is 1. The highest BCUT2D eigenvalue weighted by Gasteiger charge is 2.22. The number of rotatable bonds is 6.